The number of nitrogens with zero attached hydrogens (tertiary/aromatic N) is 2. The number of rotatable bonds is 6. The predicted octanol–water partition coefficient (Wildman–Crippen LogP) is 3.71. The highest BCUT2D eigenvalue weighted by Crippen LogP contribution is 2.26. The van der Waals surface area contributed by atoms with Crippen LogP contribution in [0.1, 0.15) is 44.5 Å². The molecule has 1 unspecified atom stereocenters. The fraction of sp³-hybridized carbons (Fsp3) is 0.471. The number of benzene rings is 1. The van der Waals surface area contributed by atoms with Crippen LogP contribution >= 0.6 is 0 Å². The molecule has 0 saturated carbocycles. The molecule has 0 aliphatic rings. The third kappa shape index (κ3) is 3.28. The molecule has 0 radical (unpaired) electrons. The highest BCUT2D eigenvalue weighted by Gasteiger charge is 2.10. The lowest BCUT2D eigenvalue weighted by atomic mass is 10.00. The maximum atomic E-state index is 4.53. The lowest BCUT2D eigenvalue weighted by Gasteiger charge is -2.14. The van der Waals surface area contributed by atoms with Crippen molar-refractivity contribution in [2.75, 3.05) is 6.54 Å². The van der Waals surface area contributed by atoms with Crippen molar-refractivity contribution in [3.8, 4) is 11.1 Å². The van der Waals surface area contributed by atoms with Gasteiger partial charge in [0.05, 0.1) is 5.69 Å². The van der Waals surface area contributed by atoms with Crippen LogP contribution in [-0.4, -0.2) is 16.3 Å². The molecule has 1 atom stereocenters. The van der Waals surface area contributed by atoms with Gasteiger partial charge in [0.25, 0.3) is 0 Å². The predicted molar refractivity (Wildman–Crippen MR) is 84.7 cm³/mol. The number of aromatic nitrogens is 2. The van der Waals surface area contributed by atoms with Gasteiger partial charge in [-0.05, 0) is 43.5 Å². The lowest BCUT2D eigenvalue weighted by molar-refractivity contribution is 0.571. The van der Waals surface area contributed by atoms with Gasteiger partial charge in [-0.2, -0.15) is 5.10 Å². The number of aryl methyl sites for hydroxylation is 2. The van der Waals surface area contributed by atoms with Crippen LogP contribution in [0.4, 0.5) is 0 Å². The monoisotopic (exact) mass is 271 g/mol. The van der Waals surface area contributed by atoms with E-state index in [0.717, 1.165) is 19.4 Å². The fourth-order valence-corrected chi connectivity index (χ4v) is 2.49. The van der Waals surface area contributed by atoms with Crippen LogP contribution < -0.4 is 5.32 Å². The second kappa shape index (κ2) is 6.71. The Balaban J connectivity index is 2.29. The molecule has 0 amide bonds. The van der Waals surface area contributed by atoms with E-state index in [9.17, 15) is 0 Å². The van der Waals surface area contributed by atoms with E-state index in [1.165, 1.54) is 22.4 Å². The average molecular weight is 271 g/mol. The minimum atomic E-state index is 0.386. The number of hydrogen-bond acceptors (Lipinski definition) is 2. The van der Waals surface area contributed by atoms with E-state index in [1.54, 1.807) is 0 Å². The summed E-state index contributed by atoms with van der Waals surface area (Å²) in [6, 6.07) is 9.17. The summed E-state index contributed by atoms with van der Waals surface area (Å²) in [5.41, 5.74) is 5.01. The van der Waals surface area contributed by atoms with Gasteiger partial charge in [0, 0.05) is 24.8 Å². The Kier molecular flexibility index (Phi) is 4.96. The average Bonchev–Trinajstić information content (AvgIpc) is 2.86. The zero-order valence-corrected chi connectivity index (χ0v) is 13.0. The van der Waals surface area contributed by atoms with Gasteiger partial charge in [0.15, 0.2) is 0 Å². The standard InChI is InChI=1S/C17H25N3/c1-5-10-18-13(3)14-8-7-9-15(11-14)16-12-20(4)19-17(16)6-2/h7-9,11-13,18H,5-6,10H2,1-4H3. The molecule has 3 heteroatoms. The molecule has 1 heterocycles. The largest absolute Gasteiger partial charge is 0.310 e. The Morgan fingerprint density at radius 2 is 2.10 bits per heavy atom. The van der Waals surface area contributed by atoms with Crippen LogP contribution in [0.5, 0.6) is 0 Å². The first-order valence-electron chi connectivity index (χ1n) is 7.52. The third-order valence-electron chi connectivity index (χ3n) is 3.64. The van der Waals surface area contributed by atoms with Crippen molar-refractivity contribution in [2.45, 2.75) is 39.7 Å². The van der Waals surface area contributed by atoms with E-state index in [4.69, 9.17) is 0 Å². The van der Waals surface area contributed by atoms with Crippen LogP contribution in [0.3, 0.4) is 0 Å². The molecule has 0 aliphatic heterocycles. The van der Waals surface area contributed by atoms with Gasteiger partial charge in [0.2, 0.25) is 0 Å². The van der Waals surface area contributed by atoms with Gasteiger partial charge in [-0.15, -0.1) is 0 Å². The van der Waals surface area contributed by atoms with E-state index in [2.05, 4.69) is 61.6 Å². The van der Waals surface area contributed by atoms with Crippen LogP contribution in [0.2, 0.25) is 0 Å². The maximum absolute atomic E-state index is 4.53. The van der Waals surface area contributed by atoms with Gasteiger partial charge in [-0.3, -0.25) is 4.68 Å². The molecule has 2 rings (SSSR count). The van der Waals surface area contributed by atoms with E-state index < -0.39 is 0 Å². The second-order valence-corrected chi connectivity index (χ2v) is 5.32. The molecule has 1 aromatic heterocycles. The zero-order chi connectivity index (χ0) is 14.5. The van der Waals surface area contributed by atoms with E-state index >= 15 is 0 Å². The Labute approximate surface area is 122 Å². The molecule has 0 bridgehead atoms. The SMILES string of the molecule is CCCNC(C)c1cccc(-c2cn(C)nc2CC)c1. The van der Waals surface area contributed by atoms with Crippen molar-refractivity contribution in [1.29, 1.82) is 0 Å². The molecule has 20 heavy (non-hydrogen) atoms. The van der Waals surface area contributed by atoms with E-state index in [1.807, 2.05) is 11.7 Å². The summed E-state index contributed by atoms with van der Waals surface area (Å²) in [6.45, 7) is 7.62. The van der Waals surface area contributed by atoms with Gasteiger partial charge >= 0.3 is 0 Å². The normalized spacial score (nSPS) is 12.6. The zero-order valence-electron chi connectivity index (χ0n) is 13.0. The van der Waals surface area contributed by atoms with Crippen molar-refractivity contribution in [3.63, 3.8) is 0 Å². The molecule has 0 saturated heterocycles. The molecule has 1 aromatic carbocycles. The van der Waals surface area contributed by atoms with Crippen LogP contribution in [0.25, 0.3) is 11.1 Å². The number of nitrogens with one attached hydrogen (secondary N) is 1. The summed E-state index contributed by atoms with van der Waals surface area (Å²) in [5.74, 6) is 0. The second-order valence-electron chi connectivity index (χ2n) is 5.32. The molecule has 3 nitrogen and oxygen atoms in total. The third-order valence-corrected chi connectivity index (χ3v) is 3.64. The van der Waals surface area contributed by atoms with Gasteiger partial charge in [-0.1, -0.05) is 32.0 Å². The highest BCUT2D eigenvalue weighted by molar-refractivity contribution is 5.66. The summed E-state index contributed by atoms with van der Waals surface area (Å²) in [4.78, 5) is 0. The van der Waals surface area contributed by atoms with E-state index in [0.29, 0.717) is 6.04 Å². The van der Waals surface area contributed by atoms with Crippen molar-refractivity contribution < 1.29 is 0 Å². The molecule has 0 aliphatic carbocycles. The van der Waals surface area contributed by atoms with Crippen LogP contribution in [-0.2, 0) is 13.5 Å². The first kappa shape index (κ1) is 14.8. The molecule has 108 valence electrons. The number of hydrogen-bond donors (Lipinski definition) is 1. The summed E-state index contributed by atoms with van der Waals surface area (Å²) >= 11 is 0. The van der Waals surface area contributed by atoms with Crippen molar-refractivity contribution >= 4 is 0 Å². The summed E-state index contributed by atoms with van der Waals surface area (Å²) in [7, 11) is 1.98. The van der Waals surface area contributed by atoms with Crippen molar-refractivity contribution in [1.82, 2.24) is 15.1 Å². The van der Waals surface area contributed by atoms with Gasteiger partial charge in [0.1, 0.15) is 0 Å². The quantitative estimate of drug-likeness (QED) is 0.868. The minimum Gasteiger partial charge on any atom is -0.310 e. The van der Waals surface area contributed by atoms with Gasteiger partial charge in [-0.25, -0.2) is 0 Å². The summed E-state index contributed by atoms with van der Waals surface area (Å²) in [6.07, 6.45) is 4.23. The highest BCUT2D eigenvalue weighted by atomic mass is 15.2. The smallest absolute Gasteiger partial charge is 0.0700 e. The molecule has 0 fully saturated rings. The van der Waals surface area contributed by atoms with Gasteiger partial charge < -0.3 is 5.32 Å². The fourth-order valence-electron chi connectivity index (χ4n) is 2.49. The Morgan fingerprint density at radius 3 is 2.80 bits per heavy atom. The Morgan fingerprint density at radius 1 is 1.30 bits per heavy atom. The molecular formula is C17H25N3. The first-order valence-corrected chi connectivity index (χ1v) is 7.52. The Hall–Kier alpha value is -1.61. The molecular weight excluding hydrogens is 246 g/mol. The summed E-state index contributed by atoms with van der Waals surface area (Å²) in [5, 5.41) is 8.07. The topological polar surface area (TPSA) is 29.9 Å². The molecule has 0 spiro atoms. The molecule has 1 N–H and O–H groups in total. The minimum absolute atomic E-state index is 0.386. The van der Waals surface area contributed by atoms with Crippen molar-refractivity contribution in [3.05, 3.63) is 41.7 Å². The Bertz CT molecular complexity index is 557. The van der Waals surface area contributed by atoms with Crippen LogP contribution in [0.15, 0.2) is 30.5 Å². The maximum Gasteiger partial charge on any atom is 0.0700 e. The van der Waals surface area contributed by atoms with Crippen molar-refractivity contribution in [2.24, 2.45) is 7.05 Å². The lowest BCUT2D eigenvalue weighted by Crippen LogP contribution is -2.19. The first-order chi connectivity index (χ1) is 9.65. The van der Waals surface area contributed by atoms with Crippen LogP contribution in [0, 0.1) is 0 Å². The summed E-state index contributed by atoms with van der Waals surface area (Å²) < 4.78 is 1.90. The van der Waals surface area contributed by atoms with E-state index in [-0.39, 0.29) is 0 Å². The molecule has 2 aromatic rings.